The van der Waals surface area contributed by atoms with Crippen molar-refractivity contribution in [2.24, 2.45) is 0 Å². The zero-order valence-electron chi connectivity index (χ0n) is 18.8. The van der Waals surface area contributed by atoms with E-state index in [2.05, 4.69) is 4.90 Å². The Kier molecular flexibility index (Phi) is 7.57. The van der Waals surface area contributed by atoms with Gasteiger partial charge >= 0.3 is 0 Å². The van der Waals surface area contributed by atoms with Gasteiger partial charge in [-0.05, 0) is 49.9 Å². The standard InChI is InChI=1S/C22H28N4O6S/c1-16-5-4-6-19(22(28)23-29)21(16)26(15-20(27)25-13-11-24(2)12-14-25)33(30,31)18-9-7-17(32-3)8-10-18/h4-10,29H,11-15H2,1-3H3,(H,23,28). The van der Waals surface area contributed by atoms with Crippen LogP contribution in [0.4, 0.5) is 5.69 Å². The number of nitrogens with zero attached hydrogens (tertiary/aromatic N) is 3. The molecule has 0 aliphatic carbocycles. The first kappa shape index (κ1) is 24.5. The summed E-state index contributed by atoms with van der Waals surface area (Å²) in [5.74, 6) is -0.778. The lowest BCUT2D eigenvalue weighted by atomic mass is 10.1. The number of hydrogen-bond donors (Lipinski definition) is 2. The maximum atomic E-state index is 13.7. The average Bonchev–Trinajstić information content (AvgIpc) is 2.82. The zero-order chi connectivity index (χ0) is 24.2. The van der Waals surface area contributed by atoms with Crippen LogP contribution in [0, 0.1) is 6.92 Å². The highest BCUT2D eigenvalue weighted by Crippen LogP contribution is 2.31. The zero-order valence-corrected chi connectivity index (χ0v) is 19.6. The van der Waals surface area contributed by atoms with Crippen LogP contribution in [0.5, 0.6) is 5.75 Å². The number of rotatable bonds is 7. The highest BCUT2D eigenvalue weighted by molar-refractivity contribution is 7.92. The van der Waals surface area contributed by atoms with Crippen molar-refractivity contribution in [3.8, 4) is 5.75 Å². The SMILES string of the molecule is COc1ccc(S(=O)(=O)N(CC(=O)N2CCN(C)CC2)c2c(C)cccc2C(=O)NO)cc1. The molecule has 178 valence electrons. The van der Waals surface area contributed by atoms with Gasteiger partial charge in [0.25, 0.3) is 15.9 Å². The fourth-order valence-electron chi connectivity index (χ4n) is 3.67. The third-order valence-corrected chi connectivity index (χ3v) is 7.38. The molecule has 0 spiro atoms. The number of aryl methyl sites for hydroxylation is 1. The minimum Gasteiger partial charge on any atom is -0.497 e. The lowest BCUT2D eigenvalue weighted by Gasteiger charge is -2.34. The predicted molar refractivity (Wildman–Crippen MR) is 122 cm³/mol. The van der Waals surface area contributed by atoms with E-state index < -0.39 is 22.5 Å². The molecular weight excluding hydrogens is 448 g/mol. The molecule has 2 N–H and O–H groups in total. The summed E-state index contributed by atoms with van der Waals surface area (Å²) in [5.41, 5.74) is 1.97. The third kappa shape index (κ3) is 5.27. The highest BCUT2D eigenvalue weighted by atomic mass is 32.2. The topological polar surface area (TPSA) is 119 Å². The molecule has 1 heterocycles. The predicted octanol–water partition coefficient (Wildman–Crippen LogP) is 1.09. The number of likely N-dealkylation sites (N-methyl/N-ethyl adjacent to an activating group) is 1. The van der Waals surface area contributed by atoms with Crippen molar-refractivity contribution >= 4 is 27.5 Å². The van der Waals surface area contributed by atoms with Gasteiger partial charge in [-0.3, -0.25) is 19.1 Å². The smallest absolute Gasteiger partial charge is 0.276 e. The van der Waals surface area contributed by atoms with E-state index in [0.29, 0.717) is 37.5 Å². The molecule has 0 atom stereocenters. The van der Waals surface area contributed by atoms with Gasteiger partial charge in [-0.25, -0.2) is 13.9 Å². The number of sulfonamides is 1. The quantitative estimate of drug-likeness (QED) is 0.454. The Morgan fingerprint density at radius 3 is 2.30 bits per heavy atom. The molecule has 2 aromatic carbocycles. The van der Waals surface area contributed by atoms with Gasteiger partial charge in [-0.1, -0.05) is 12.1 Å². The maximum absolute atomic E-state index is 13.7. The van der Waals surface area contributed by atoms with Gasteiger partial charge in [-0.2, -0.15) is 0 Å². The van der Waals surface area contributed by atoms with Gasteiger partial charge in [0.1, 0.15) is 12.3 Å². The molecule has 0 unspecified atom stereocenters. The van der Waals surface area contributed by atoms with E-state index in [9.17, 15) is 23.2 Å². The molecular formula is C22H28N4O6S. The van der Waals surface area contributed by atoms with E-state index in [4.69, 9.17) is 4.74 Å². The van der Waals surface area contributed by atoms with E-state index in [1.165, 1.54) is 37.4 Å². The number of benzene rings is 2. The van der Waals surface area contributed by atoms with Crippen LogP contribution in [-0.4, -0.2) is 82.1 Å². The number of hydroxylamine groups is 1. The number of ether oxygens (including phenoxy) is 1. The number of para-hydroxylation sites is 1. The van der Waals surface area contributed by atoms with Gasteiger partial charge in [-0.15, -0.1) is 0 Å². The summed E-state index contributed by atoms with van der Waals surface area (Å²) >= 11 is 0. The maximum Gasteiger partial charge on any atom is 0.276 e. The van der Waals surface area contributed by atoms with Gasteiger partial charge in [0, 0.05) is 26.2 Å². The second-order valence-electron chi connectivity index (χ2n) is 7.78. The molecule has 33 heavy (non-hydrogen) atoms. The van der Waals surface area contributed by atoms with Gasteiger partial charge < -0.3 is 14.5 Å². The van der Waals surface area contributed by atoms with E-state index in [1.807, 2.05) is 7.05 Å². The third-order valence-electron chi connectivity index (χ3n) is 5.62. The first-order chi connectivity index (χ1) is 15.7. The second-order valence-corrected chi connectivity index (χ2v) is 9.65. The van der Waals surface area contributed by atoms with Crippen LogP contribution in [0.25, 0.3) is 0 Å². The van der Waals surface area contributed by atoms with E-state index >= 15 is 0 Å². The number of piperazine rings is 1. The summed E-state index contributed by atoms with van der Waals surface area (Å²) < 4.78 is 33.5. The lowest BCUT2D eigenvalue weighted by molar-refractivity contribution is -0.131. The van der Waals surface area contributed by atoms with E-state index in [-0.39, 0.29) is 22.1 Å². The Morgan fingerprint density at radius 1 is 1.09 bits per heavy atom. The number of carbonyl (C=O) groups is 2. The first-order valence-electron chi connectivity index (χ1n) is 10.4. The molecule has 2 aromatic rings. The fraction of sp³-hybridized carbons (Fsp3) is 0.364. The second kappa shape index (κ2) is 10.2. The number of hydrogen-bond acceptors (Lipinski definition) is 7. The summed E-state index contributed by atoms with van der Waals surface area (Å²) in [7, 11) is -0.829. The average molecular weight is 477 g/mol. The Morgan fingerprint density at radius 2 is 1.73 bits per heavy atom. The number of amides is 2. The van der Waals surface area contributed by atoms with Gasteiger partial charge in [0.15, 0.2) is 0 Å². The molecule has 11 heteroatoms. The monoisotopic (exact) mass is 476 g/mol. The van der Waals surface area contributed by atoms with Crippen LogP contribution in [0.1, 0.15) is 15.9 Å². The van der Waals surface area contributed by atoms with Crippen LogP contribution in [-0.2, 0) is 14.8 Å². The molecule has 1 aliphatic heterocycles. The summed E-state index contributed by atoms with van der Waals surface area (Å²) in [6.07, 6.45) is 0. The van der Waals surface area contributed by atoms with Crippen LogP contribution in [0.15, 0.2) is 47.4 Å². The largest absolute Gasteiger partial charge is 0.497 e. The number of carbonyl (C=O) groups excluding carboxylic acids is 2. The first-order valence-corrected chi connectivity index (χ1v) is 11.8. The van der Waals surface area contributed by atoms with E-state index in [1.54, 1.807) is 29.4 Å². The van der Waals surface area contributed by atoms with Crippen molar-refractivity contribution < 1.29 is 28.0 Å². The van der Waals surface area contributed by atoms with Crippen molar-refractivity contribution in [1.82, 2.24) is 15.3 Å². The van der Waals surface area contributed by atoms with Crippen molar-refractivity contribution in [2.75, 3.05) is 51.2 Å². The molecule has 3 rings (SSSR count). The van der Waals surface area contributed by atoms with Crippen molar-refractivity contribution in [2.45, 2.75) is 11.8 Å². The molecule has 0 saturated carbocycles. The van der Waals surface area contributed by atoms with Gasteiger partial charge in [0.05, 0.1) is 23.3 Å². The summed E-state index contributed by atoms with van der Waals surface area (Å²) in [6, 6.07) is 10.4. The highest BCUT2D eigenvalue weighted by Gasteiger charge is 2.33. The Balaban J connectivity index is 2.09. The Bertz CT molecular complexity index is 1110. The Hall–Kier alpha value is -3.15. The molecule has 0 bridgehead atoms. The molecule has 2 amide bonds. The normalized spacial score (nSPS) is 14.6. The van der Waals surface area contributed by atoms with Crippen LogP contribution < -0.4 is 14.5 Å². The van der Waals surface area contributed by atoms with Crippen LogP contribution in [0.2, 0.25) is 0 Å². The van der Waals surface area contributed by atoms with E-state index in [0.717, 1.165) is 4.31 Å². The van der Waals surface area contributed by atoms with Crippen molar-refractivity contribution in [1.29, 1.82) is 0 Å². The summed E-state index contributed by atoms with van der Waals surface area (Å²) in [5, 5.41) is 9.21. The van der Waals surface area contributed by atoms with Crippen LogP contribution >= 0.6 is 0 Å². The fourth-order valence-corrected chi connectivity index (χ4v) is 5.17. The van der Waals surface area contributed by atoms with Crippen molar-refractivity contribution in [3.05, 3.63) is 53.6 Å². The molecule has 10 nitrogen and oxygen atoms in total. The number of nitrogens with one attached hydrogen (secondary N) is 1. The summed E-state index contributed by atoms with van der Waals surface area (Å²) in [4.78, 5) is 29.2. The molecule has 0 aromatic heterocycles. The molecule has 1 aliphatic rings. The molecule has 0 radical (unpaired) electrons. The number of methoxy groups -OCH3 is 1. The van der Waals surface area contributed by atoms with Gasteiger partial charge in [0.2, 0.25) is 5.91 Å². The number of anilines is 1. The van der Waals surface area contributed by atoms with Crippen molar-refractivity contribution in [3.63, 3.8) is 0 Å². The van der Waals surface area contributed by atoms with Crippen LogP contribution in [0.3, 0.4) is 0 Å². The Labute approximate surface area is 193 Å². The molecule has 1 saturated heterocycles. The molecule has 1 fully saturated rings. The minimum atomic E-state index is -4.25. The lowest BCUT2D eigenvalue weighted by Crippen LogP contribution is -2.51. The minimum absolute atomic E-state index is 0.0299. The summed E-state index contributed by atoms with van der Waals surface area (Å²) in [6.45, 7) is 3.46.